The summed E-state index contributed by atoms with van der Waals surface area (Å²) in [6.45, 7) is 8.05. The van der Waals surface area contributed by atoms with Crippen molar-refractivity contribution in [2.75, 3.05) is 18.1 Å². The van der Waals surface area contributed by atoms with Gasteiger partial charge >= 0.3 is 6.09 Å². The summed E-state index contributed by atoms with van der Waals surface area (Å²) < 4.78 is 6.51. The van der Waals surface area contributed by atoms with Crippen LogP contribution in [0, 0.1) is 0 Å². The van der Waals surface area contributed by atoms with Crippen LogP contribution in [0.4, 0.5) is 10.5 Å². The minimum atomic E-state index is -0.543. The fourth-order valence-electron chi connectivity index (χ4n) is 3.06. The number of hydrogen-bond acceptors (Lipinski definition) is 4. The van der Waals surface area contributed by atoms with E-state index in [2.05, 4.69) is 40.3 Å². The molecule has 2 aromatic carbocycles. The fraction of sp³-hybridized carbons (Fsp3) is 0.440. The molecule has 0 unspecified atom stereocenters. The van der Waals surface area contributed by atoms with Crippen molar-refractivity contribution in [1.29, 1.82) is 0 Å². The van der Waals surface area contributed by atoms with Crippen molar-refractivity contribution in [3.63, 3.8) is 0 Å². The molecule has 7 heteroatoms. The van der Waals surface area contributed by atoms with Crippen LogP contribution in [0.3, 0.4) is 0 Å². The first-order valence-corrected chi connectivity index (χ1v) is 12.6. The van der Waals surface area contributed by atoms with E-state index in [0.717, 1.165) is 39.2 Å². The highest BCUT2D eigenvalue weighted by Gasteiger charge is 2.20. The first kappa shape index (κ1) is 26.3. The highest BCUT2D eigenvalue weighted by atomic mass is 79.9. The number of nitrogens with one attached hydrogen (secondary N) is 1. The molecule has 0 aliphatic carbocycles. The van der Waals surface area contributed by atoms with E-state index in [4.69, 9.17) is 4.74 Å². The minimum absolute atomic E-state index is 0.00977. The van der Waals surface area contributed by atoms with Crippen molar-refractivity contribution in [3.8, 4) is 0 Å². The Kier molecular flexibility index (Phi) is 10.1. The third-order valence-corrected chi connectivity index (χ3v) is 6.07. The second-order valence-corrected chi connectivity index (χ2v) is 10.8. The number of ether oxygens (including phenoxy) is 1. The third kappa shape index (κ3) is 9.25. The molecule has 0 atom stereocenters. The molecule has 1 N–H and O–H groups in total. The highest BCUT2D eigenvalue weighted by molar-refractivity contribution is 9.10. The van der Waals surface area contributed by atoms with Gasteiger partial charge in [-0.15, -0.1) is 11.8 Å². The van der Waals surface area contributed by atoms with Crippen LogP contribution in [0.25, 0.3) is 0 Å². The van der Waals surface area contributed by atoms with Gasteiger partial charge in [0.1, 0.15) is 5.60 Å². The van der Waals surface area contributed by atoms with Crippen LogP contribution in [-0.2, 0) is 22.5 Å². The summed E-state index contributed by atoms with van der Waals surface area (Å²) in [6.07, 6.45) is 1.73. The molecule has 0 aliphatic heterocycles. The molecule has 0 saturated carbocycles. The Morgan fingerprint density at radius 2 is 1.81 bits per heavy atom. The minimum Gasteiger partial charge on any atom is -0.444 e. The molecule has 0 spiro atoms. The molecule has 0 fully saturated rings. The standard InChI is InChI=1S/C25H33BrN2O3S/c1-6-32-22-15-14-21(16-19(22)17-28(5)24(30)31-25(2,3)4)27-23(29)9-7-8-18-10-12-20(26)13-11-18/h10-16H,6-9,17H2,1-5H3,(H,27,29). The normalized spacial score (nSPS) is 11.2. The average molecular weight is 522 g/mol. The van der Waals surface area contributed by atoms with E-state index in [1.165, 1.54) is 5.56 Å². The molecule has 0 aromatic heterocycles. The van der Waals surface area contributed by atoms with Crippen LogP contribution in [0.1, 0.15) is 51.7 Å². The number of aryl methyl sites for hydroxylation is 1. The van der Waals surface area contributed by atoms with Gasteiger partial charge in [-0.2, -0.15) is 0 Å². The number of hydrogen-bond donors (Lipinski definition) is 1. The molecule has 0 radical (unpaired) electrons. The average Bonchev–Trinajstić information content (AvgIpc) is 2.70. The maximum absolute atomic E-state index is 12.5. The molecule has 2 rings (SSSR count). The van der Waals surface area contributed by atoms with Crippen LogP contribution >= 0.6 is 27.7 Å². The first-order valence-electron chi connectivity index (χ1n) is 10.8. The zero-order chi connectivity index (χ0) is 23.7. The van der Waals surface area contributed by atoms with Crippen LogP contribution in [-0.4, -0.2) is 35.3 Å². The number of thioether (sulfide) groups is 1. The molecule has 0 bridgehead atoms. The predicted molar refractivity (Wildman–Crippen MR) is 136 cm³/mol. The van der Waals surface area contributed by atoms with Gasteiger partial charge in [0.05, 0.1) is 0 Å². The Bertz CT molecular complexity index is 910. The van der Waals surface area contributed by atoms with Crippen LogP contribution in [0.15, 0.2) is 51.8 Å². The van der Waals surface area contributed by atoms with Gasteiger partial charge in [0, 0.05) is 35.1 Å². The predicted octanol–water partition coefficient (Wildman–Crippen LogP) is 6.89. The molecule has 32 heavy (non-hydrogen) atoms. The Labute approximate surface area is 204 Å². The van der Waals surface area contributed by atoms with Crippen molar-refractivity contribution in [2.24, 2.45) is 0 Å². The molecule has 174 valence electrons. The number of carbonyl (C=O) groups excluding carboxylic acids is 2. The lowest BCUT2D eigenvalue weighted by Crippen LogP contribution is -2.33. The summed E-state index contributed by atoms with van der Waals surface area (Å²) >= 11 is 5.15. The summed E-state index contributed by atoms with van der Waals surface area (Å²) in [4.78, 5) is 27.5. The summed E-state index contributed by atoms with van der Waals surface area (Å²) in [5, 5.41) is 3.00. The smallest absolute Gasteiger partial charge is 0.410 e. The Morgan fingerprint density at radius 3 is 2.44 bits per heavy atom. The van der Waals surface area contributed by atoms with Crippen molar-refractivity contribution in [1.82, 2.24) is 4.90 Å². The third-order valence-electron chi connectivity index (χ3n) is 4.54. The van der Waals surface area contributed by atoms with Crippen molar-refractivity contribution in [2.45, 2.75) is 64.0 Å². The van der Waals surface area contributed by atoms with E-state index in [0.29, 0.717) is 13.0 Å². The lowest BCUT2D eigenvalue weighted by Gasteiger charge is -2.25. The van der Waals surface area contributed by atoms with Gasteiger partial charge in [-0.3, -0.25) is 4.79 Å². The van der Waals surface area contributed by atoms with Gasteiger partial charge in [0.15, 0.2) is 0 Å². The van der Waals surface area contributed by atoms with Gasteiger partial charge in [0.25, 0.3) is 0 Å². The van der Waals surface area contributed by atoms with Crippen molar-refractivity contribution in [3.05, 3.63) is 58.1 Å². The summed E-state index contributed by atoms with van der Waals surface area (Å²) in [5.74, 6) is 0.912. The molecule has 2 aromatic rings. The molecule has 0 saturated heterocycles. The van der Waals surface area contributed by atoms with E-state index in [-0.39, 0.29) is 12.0 Å². The monoisotopic (exact) mass is 520 g/mol. The van der Waals surface area contributed by atoms with Crippen LogP contribution in [0.5, 0.6) is 0 Å². The second-order valence-electron chi connectivity index (χ2n) is 8.62. The van der Waals surface area contributed by atoms with Gasteiger partial charge in [-0.1, -0.05) is 35.0 Å². The van der Waals surface area contributed by atoms with Gasteiger partial charge in [0.2, 0.25) is 5.91 Å². The number of anilines is 1. The van der Waals surface area contributed by atoms with E-state index < -0.39 is 5.60 Å². The van der Waals surface area contributed by atoms with Crippen LogP contribution in [0.2, 0.25) is 0 Å². The van der Waals surface area contributed by atoms with Crippen molar-refractivity contribution >= 4 is 45.4 Å². The zero-order valence-electron chi connectivity index (χ0n) is 19.5. The summed E-state index contributed by atoms with van der Waals surface area (Å²) in [6, 6.07) is 14.0. The Hall–Kier alpha value is -1.99. The number of nitrogens with zero attached hydrogens (tertiary/aromatic N) is 1. The molecule has 0 heterocycles. The van der Waals surface area contributed by atoms with Crippen molar-refractivity contribution < 1.29 is 14.3 Å². The lowest BCUT2D eigenvalue weighted by atomic mass is 10.1. The Balaban J connectivity index is 1.98. The largest absolute Gasteiger partial charge is 0.444 e. The number of benzene rings is 2. The number of carbonyl (C=O) groups is 2. The highest BCUT2D eigenvalue weighted by Crippen LogP contribution is 2.27. The lowest BCUT2D eigenvalue weighted by molar-refractivity contribution is -0.116. The molecule has 2 amide bonds. The summed E-state index contributed by atoms with van der Waals surface area (Å²) in [5.41, 5.74) is 2.40. The molecular formula is C25H33BrN2O3S. The van der Waals surface area contributed by atoms with E-state index in [9.17, 15) is 9.59 Å². The van der Waals surface area contributed by atoms with E-state index in [1.807, 2.05) is 51.1 Å². The fourth-order valence-corrected chi connectivity index (χ4v) is 4.11. The number of halogens is 1. The van der Waals surface area contributed by atoms with Gasteiger partial charge in [-0.25, -0.2) is 4.79 Å². The summed E-state index contributed by atoms with van der Waals surface area (Å²) in [7, 11) is 1.72. The maximum atomic E-state index is 12.5. The molecule has 5 nitrogen and oxygen atoms in total. The molecular weight excluding hydrogens is 488 g/mol. The SMILES string of the molecule is CCSc1ccc(NC(=O)CCCc2ccc(Br)cc2)cc1CN(C)C(=O)OC(C)(C)C. The zero-order valence-corrected chi connectivity index (χ0v) is 21.9. The van der Waals surface area contributed by atoms with E-state index in [1.54, 1.807) is 23.7 Å². The second kappa shape index (κ2) is 12.3. The van der Waals surface area contributed by atoms with Crippen LogP contribution < -0.4 is 5.32 Å². The van der Waals surface area contributed by atoms with Gasteiger partial charge in [-0.05, 0) is 80.8 Å². The maximum Gasteiger partial charge on any atom is 0.410 e. The van der Waals surface area contributed by atoms with E-state index >= 15 is 0 Å². The first-order chi connectivity index (χ1) is 15.1. The quantitative estimate of drug-likeness (QED) is 0.365. The number of rotatable bonds is 9. The topological polar surface area (TPSA) is 58.6 Å². The van der Waals surface area contributed by atoms with Gasteiger partial charge < -0.3 is 15.0 Å². The Morgan fingerprint density at radius 1 is 1.12 bits per heavy atom. The number of amides is 2. The molecule has 0 aliphatic rings.